The summed E-state index contributed by atoms with van der Waals surface area (Å²) in [5.74, 6) is 1.08. The number of nitrogens with zero attached hydrogens (tertiary/aromatic N) is 2. The molecule has 1 aromatic heterocycles. The summed E-state index contributed by atoms with van der Waals surface area (Å²) in [4.78, 5) is 7.65. The number of hydrogen-bond acceptors (Lipinski definition) is 5. The zero-order chi connectivity index (χ0) is 12.4. The van der Waals surface area contributed by atoms with Crippen LogP contribution < -0.4 is 16.2 Å². The Labute approximate surface area is 103 Å². The molecule has 0 saturated heterocycles. The van der Waals surface area contributed by atoms with Crippen LogP contribution in [0.15, 0.2) is 24.3 Å². The lowest BCUT2D eigenvalue weighted by Crippen LogP contribution is -2.01. The molecule has 0 fully saturated rings. The fourth-order valence-corrected chi connectivity index (χ4v) is 1.47. The minimum atomic E-state index is 0.0591. The average molecular weight is 251 g/mol. The number of hydrogen-bond donors (Lipinski definition) is 2. The first-order valence-corrected chi connectivity index (χ1v) is 5.26. The van der Waals surface area contributed by atoms with Gasteiger partial charge in [-0.15, -0.1) is 0 Å². The van der Waals surface area contributed by atoms with Gasteiger partial charge in [-0.2, -0.15) is 9.97 Å². The van der Waals surface area contributed by atoms with Crippen molar-refractivity contribution in [2.45, 2.75) is 6.92 Å². The van der Waals surface area contributed by atoms with Crippen LogP contribution in [0, 0.1) is 6.92 Å². The number of rotatable bonds is 2. The van der Waals surface area contributed by atoms with Crippen molar-refractivity contribution in [1.29, 1.82) is 0 Å². The second kappa shape index (κ2) is 4.47. The molecule has 1 aromatic carbocycles. The van der Waals surface area contributed by atoms with Gasteiger partial charge in [0.15, 0.2) is 0 Å². The zero-order valence-electron chi connectivity index (χ0n) is 9.14. The van der Waals surface area contributed by atoms with Crippen molar-refractivity contribution in [3.63, 3.8) is 0 Å². The highest BCUT2D eigenvalue weighted by atomic mass is 35.5. The van der Waals surface area contributed by atoms with E-state index in [1.165, 1.54) is 6.07 Å². The van der Waals surface area contributed by atoms with Crippen LogP contribution in [0.2, 0.25) is 5.02 Å². The van der Waals surface area contributed by atoms with Gasteiger partial charge >= 0.3 is 0 Å². The summed E-state index contributed by atoms with van der Waals surface area (Å²) in [6, 6.07) is 6.92. The molecule has 0 saturated carbocycles. The van der Waals surface area contributed by atoms with E-state index in [1.807, 2.05) is 13.0 Å². The third-order valence-corrected chi connectivity index (χ3v) is 2.35. The highest BCUT2D eigenvalue weighted by Gasteiger charge is 2.06. The standard InChI is InChI=1S/C11H11ClN4O/c1-6-2-3-7(12)8(4-6)17-10-5-9(13)15-11(14)16-10/h2-5H,1H3,(H4,13,14,15,16). The highest BCUT2D eigenvalue weighted by Crippen LogP contribution is 2.29. The Kier molecular flexibility index (Phi) is 3.01. The molecular formula is C11H11ClN4O. The molecule has 0 spiro atoms. The number of anilines is 2. The summed E-state index contributed by atoms with van der Waals surface area (Å²) < 4.78 is 5.51. The van der Waals surface area contributed by atoms with Crippen molar-refractivity contribution in [2.75, 3.05) is 11.5 Å². The maximum atomic E-state index is 5.99. The van der Waals surface area contributed by atoms with Gasteiger partial charge in [-0.3, -0.25) is 0 Å². The molecule has 0 aliphatic heterocycles. The van der Waals surface area contributed by atoms with Crippen molar-refractivity contribution in [3.8, 4) is 11.6 Å². The Morgan fingerprint density at radius 3 is 2.65 bits per heavy atom. The predicted octanol–water partition coefficient (Wildman–Crippen LogP) is 2.40. The lowest BCUT2D eigenvalue weighted by atomic mass is 10.2. The molecule has 0 bridgehead atoms. The van der Waals surface area contributed by atoms with Crippen LogP contribution in [0.1, 0.15) is 5.56 Å². The van der Waals surface area contributed by atoms with Crippen LogP contribution in [0.3, 0.4) is 0 Å². The number of halogens is 1. The Bertz CT molecular complexity index is 539. The van der Waals surface area contributed by atoms with E-state index in [9.17, 15) is 0 Å². The summed E-state index contributed by atoms with van der Waals surface area (Å²) in [7, 11) is 0. The lowest BCUT2D eigenvalue weighted by Gasteiger charge is -2.08. The highest BCUT2D eigenvalue weighted by molar-refractivity contribution is 6.32. The molecule has 0 radical (unpaired) electrons. The maximum Gasteiger partial charge on any atom is 0.226 e. The summed E-state index contributed by atoms with van der Waals surface area (Å²) in [6.07, 6.45) is 0. The van der Waals surface area contributed by atoms with E-state index in [2.05, 4.69) is 9.97 Å². The third kappa shape index (κ3) is 2.76. The van der Waals surface area contributed by atoms with Crippen molar-refractivity contribution in [2.24, 2.45) is 0 Å². The molecule has 5 nitrogen and oxygen atoms in total. The van der Waals surface area contributed by atoms with Gasteiger partial charge in [0, 0.05) is 6.07 Å². The molecule has 0 aliphatic carbocycles. The van der Waals surface area contributed by atoms with Gasteiger partial charge in [-0.05, 0) is 24.6 Å². The summed E-state index contributed by atoms with van der Waals surface area (Å²) in [5.41, 5.74) is 12.0. The fraction of sp³-hybridized carbons (Fsp3) is 0.0909. The van der Waals surface area contributed by atoms with E-state index in [0.717, 1.165) is 5.56 Å². The number of aromatic nitrogens is 2. The van der Waals surface area contributed by atoms with Crippen molar-refractivity contribution < 1.29 is 4.74 Å². The molecular weight excluding hydrogens is 240 g/mol. The SMILES string of the molecule is Cc1ccc(Cl)c(Oc2cc(N)nc(N)n2)c1. The maximum absolute atomic E-state index is 5.99. The molecule has 0 amide bonds. The second-order valence-electron chi connectivity index (χ2n) is 3.53. The largest absolute Gasteiger partial charge is 0.437 e. The minimum absolute atomic E-state index is 0.0591. The molecule has 6 heteroatoms. The third-order valence-electron chi connectivity index (χ3n) is 2.04. The van der Waals surface area contributed by atoms with Gasteiger partial charge in [-0.25, -0.2) is 0 Å². The van der Waals surface area contributed by atoms with Gasteiger partial charge in [0.1, 0.15) is 11.6 Å². The molecule has 88 valence electrons. The van der Waals surface area contributed by atoms with Crippen LogP contribution in [-0.2, 0) is 0 Å². The first kappa shape index (κ1) is 11.5. The van der Waals surface area contributed by atoms with E-state index in [0.29, 0.717) is 10.8 Å². The molecule has 0 aliphatic rings. The second-order valence-corrected chi connectivity index (χ2v) is 3.93. The van der Waals surface area contributed by atoms with E-state index in [1.54, 1.807) is 12.1 Å². The smallest absolute Gasteiger partial charge is 0.226 e. The molecule has 4 N–H and O–H groups in total. The Hall–Kier alpha value is -2.01. The molecule has 0 unspecified atom stereocenters. The van der Waals surface area contributed by atoms with E-state index < -0.39 is 0 Å². The van der Waals surface area contributed by atoms with Crippen LogP contribution in [0.5, 0.6) is 11.6 Å². The quantitative estimate of drug-likeness (QED) is 0.855. The van der Waals surface area contributed by atoms with Crippen LogP contribution in [0.4, 0.5) is 11.8 Å². The van der Waals surface area contributed by atoms with Crippen LogP contribution in [-0.4, -0.2) is 9.97 Å². The molecule has 2 aromatic rings. The average Bonchev–Trinajstić information content (AvgIpc) is 2.22. The lowest BCUT2D eigenvalue weighted by molar-refractivity contribution is 0.463. The van der Waals surface area contributed by atoms with E-state index in [-0.39, 0.29) is 17.6 Å². The summed E-state index contributed by atoms with van der Waals surface area (Å²) >= 11 is 5.99. The number of nitrogen functional groups attached to an aromatic ring is 2. The Morgan fingerprint density at radius 1 is 1.18 bits per heavy atom. The Morgan fingerprint density at radius 2 is 1.94 bits per heavy atom. The van der Waals surface area contributed by atoms with E-state index in [4.69, 9.17) is 27.8 Å². The summed E-state index contributed by atoms with van der Waals surface area (Å²) in [6.45, 7) is 1.94. The number of ether oxygens (including phenoxy) is 1. The zero-order valence-corrected chi connectivity index (χ0v) is 9.90. The fourth-order valence-electron chi connectivity index (χ4n) is 1.31. The van der Waals surface area contributed by atoms with Gasteiger partial charge in [-0.1, -0.05) is 17.7 Å². The molecule has 17 heavy (non-hydrogen) atoms. The van der Waals surface area contributed by atoms with Gasteiger partial charge < -0.3 is 16.2 Å². The van der Waals surface area contributed by atoms with Crippen LogP contribution >= 0.6 is 11.6 Å². The number of nitrogens with two attached hydrogens (primary N) is 2. The normalized spacial score (nSPS) is 10.2. The van der Waals surface area contributed by atoms with Gasteiger partial charge in [0.25, 0.3) is 0 Å². The van der Waals surface area contributed by atoms with Crippen molar-refractivity contribution in [3.05, 3.63) is 34.9 Å². The van der Waals surface area contributed by atoms with Gasteiger partial charge in [0.2, 0.25) is 11.8 Å². The summed E-state index contributed by atoms with van der Waals surface area (Å²) in [5, 5.41) is 0.492. The minimum Gasteiger partial charge on any atom is -0.437 e. The van der Waals surface area contributed by atoms with Crippen LogP contribution in [0.25, 0.3) is 0 Å². The molecule has 2 rings (SSSR count). The van der Waals surface area contributed by atoms with Gasteiger partial charge in [0.05, 0.1) is 5.02 Å². The van der Waals surface area contributed by atoms with Crippen molar-refractivity contribution in [1.82, 2.24) is 9.97 Å². The number of aryl methyl sites for hydroxylation is 1. The van der Waals surface area contributed by atoms with Crippen molar-refractivity contribution >= 4 is 23.4 Å². The first-order valence-electron chi connectivity index (χ1n) is 4.88. The molecule has 0 atom stereocenters. The first-order chi connectivity index (χ1) is 8.04. The predicted molar refractivity (Wildman–Crippen MR) is 67.1 cm³/mol. The molecule has 1 heterocycles. The topological polar surface area (TPSA) is 87.0 Å². The van der Waals surface area contributed by atoms with E-state index >= 15 is 0 Å². The monoisotopic (exact) mass is 250 g/mol. The Balaban J connectivity index is 2.34. The number of benzene rings is 1.